The number of nitriles is 1. The molecule has 0 unspecified atom stereocenters. The van der Waals surface area contributed by atoms with Gasteiger partial charge in [-0.15, -0.1) is 0 Å². The molecule has 0 spiro atoms. The van der Waals surface area contributed by atoms with Gasteiger partial charge in [-0.1, -0.05) is 0 Å². The molecule has 0 amide bonds. The molecule has 0 fully saturated rings. The number of rotatable bonds is 2. The Labute approximate surface area is 107 Å². The van der Waals surface area contributed by atoms with E-state index in [9.17, 15) is 0 Å². The predicted octanol–water partition coefficient (Wildman–Crippen LogP) is 2.45. The molecule has 2 rings (SSSR count). The van der Waals surface area contributed by atoms with Gasteiger partial charge in [-0.25, -0.2) is 4.68 Å². The van der Waals surface area contributed by atoms with Crippen molar-refractivity contribution in [2.45, 2.75) is 27.2 Å². The first kappa shape index (κ1) is 12.2. The highest BCUT2D eigenvalue weighted by atomic mass is 15.3. The van der Waals surface area contributed by atoms with Crippen molar-refractivity contribution in [1.82, 2.24) is 9.78 Å². The molecule has 2 N–H and O–H groups in total. The minimum Gasteiger partial charge on any atom is -0.398 e. The fourth-order valence-corrected chi connectivity index (χ4v) is 1.93. The van der Waals surface area contributed by atoms with Gasteiger partial charge in [-0.3, -0.25) is 0 Å². The molecule has 0 radical (unpaired) electrons. The van der Waals surface area contributed by atoms with Gasteiger partial charge < -0.3 is 5.73 Å². The molecule has 0 aliphatic rings. The maximum atomic E-state index is 8.78. The quantitative estimate of drug-likeness (QED) is 0.820. The summed E-state index contributed by atoms with van der Waals surface area (Å²) >= 11 is 0. The van der Waals surface area contributed by atoms with Crippen LogP contribution in [0.5, 0.6) is 0 Å². The maximum Gasteiger partial charge on any atom is 0.0670 e. The van der Waals surface area contributed by atoms with E-state index in [1.807, 2.05) is 36.7 Å². The molecule has 0 saturated heterocycles. The Kier molecular flexibility index (Phi) is 3.07. The Morgan fingerprint density at radius 2 is 2.06 bits per heavy atom. The number of benzene rings is 1. The summed E-state index contributed by atoms with van der Waals surface area (Å²) in [5, 5.41) is 13.3. The van der Waals surface area contributed by atoms with Crippen LogP contribution in [0.25, 0.3) is 5.69 Å². The number of nitrogen functional groups attached to an aromatic ring is 1. The van der Waals surface area contributed by atoms with Crippen molar-refractivity contribution in [2.75, 3.05) is 5.73 Å². The molecule has 4 heteroatoms. The van der Waals surface area contributed by atoms with Gasteiger partial charge in [0.1, 0.15) is 0 Å². The highest BCUT2D eigenvalue weighted by Crippen LogP contribution is 2.21. The molecule has 0 bridgehead atoms. The van der Waals surface area contributed by atoms with E-state index < -0.39 is 0 Å². The van der Waals surface area contributed by atoms with Gasteiger partial charge in [0.15, 0.2) is 0 Å². The van der Waals surface area contributed by atoms with Gasteiger partial charge in [0.25, 0.3) is 0 Å². The van der Waals surface area contributed by atoms with Crippen molar-refractivity contribution in [1.29, 1.82) is 5.26 Å². The van der Waals surface area contributed by atoms with Gasteiger partial charge in [-0.05, 0) is 50.1 Å². The first-order chi connectivity index (χ1) is 8.54. The molecule has 0 atom stereocenters. The SMILES string of the molecule is Cc1nn(-c2ccc(N)c(CC#N)c2)c(C)c1C. The smallest absolute Gasteiger partial charge is 0.0670 e. The molecule has 4 nitrogen and oxygen atoms in total. The first-order valence-electron chi connectivity index (χ1n) is 5.83. The Hall–Kier alpha value is -2.28. The summed E-state index contributed by atoms with van der Waals surface area (Å²) < 4.78 is 1.89. The molecular weight excluding hydrogens is 224 g/mol. The fourth-order valence-electron chi connectivity index (χ4n) is 1.93. The van der Waals surface area contributed by atoms with Gasteiger partial charge in [0, 0.05) is 11.4 Å². The monoisotopic (exact) mass is 240 g/mol. The predicted molar refractivity (Wildman–Crippen MR) is 71.5 cm³/mol. The molecule has 0 aliphatic carbocycles. The zero-order chi connectivity index (χ0) is 13.3. The summed E-state index contributed by atoms with van der Waals surface area (Å²) in [6.07, 6.45) is 0.317. The van der Waals surface area contributed by atoms with Crippen LogP contribution in [0.1, 0.15) is 22.5 Å². The fraction of sp³-hybridized carbons (Fsp3) is 0.286. The Morgan fingerprint density at radius 3 is 2.61 bits per heavy atom. The minimum absolute atomic E-state index is 0.317. The minimum atomic E-state index is 0.317. The Morgan fingerprint density at radius 1 is 1.33 bits per heavy atom. The lowest BCUT2D eigenvalue weighted by Gasteiger charge is -2.08. The maximum absolute atomic E-state index is 8.78. The van der Waals surface area contributed by atoms with Crippen molar-refractivity contribution in [3.8, 4) is 11.8 Å². The lowest BCUT2D eigenvalue weighted by molar-refractivity contribution is 0.832. The van der Waals surface area contributed by atoms with Crippen molar-refractivity contribution in [3.05, 3.63) is 40.7 Å². The zero-order valence-electron chi connectivity index (χ0n) is 10.9. The molecule has 1 aromatic heterocycles. The molecule has 0 aliphatic heterocycles. The second-order valence-electron chi connectivity index (χ2n) is 4.43. The first-order valence-corrected chi connectivity index (χ1v) is 5.83. The molecule has 1 heterocycles. The zero-order valence-corrected chi connectivity index (χ0v) is 10.9. The van der Waals surface area contributed by atoms with Crippen LogP contribution in [-0.2, 0) is 6.42 Å². The lowest BCUT2D eigenvalue weighted by Crippen LogP contribution is -2.02. The average Bonchev–Trinajstić information content (AvgIpc) is 2.60. The summed E-state index contributed by atoms with van der Waals surface area (Å²) in [6, 6.07) is 7.81. The van der Waals surface area contributed by atoms with Crippen LogP contribution < -0.4 is 5.73 Å². The third-order valence-electron chi connectivity index (χ3n) is 3.29. The third kappa shape index (κ3) is 1.95. The van der Waals surface area contributed by atoms with Crippen LogP contribution in [0.4, 0.5) is 5.69 Å². The number of aryl methyl sites for hydroxylation is 1. The largest absolute Gasteiger partial charge is 0.398 e. The Bertz CT molecular complexity index is 632. The van der Waals surface area contributed by atoms with Crippen LogP contribution >= 0.6 is 0 Å². The number of hydrogen-bond acceptors (Lipinski definition) is 3. The van der Waals surface area contributed by atoms with E-state index in [0.29, 0.717) is 12.1 Å². The van der Waals surface area contributed by atoms with E-state index >= 15 is 0 Å². The molecule has 92 valence electrons. The van der Waals surface area contributed by atoms with Crippen LogP contribution in [0.3, 0.4) is 0 Å². The summed E-state index contributed by atoms with van der Waals surface area (Å²) in [6.45, 7) is 6.09. The third-order valence-corrected chi connectivity index (χ3v) is 3.29. The topological polar surface area (TPSA) is 67.6 Å². The van der Waals surface area contributed by atoms with Crippen LogP contribution in [0.15, 0.2) is 18.2 Å². The molecule has 0 saturated carbocycles. The van der Waals surface area contributed by atoms with E-state index in [1.165, 1.54) is 5.56 Å². The van der Waals surface area contributed by atoms with Crippen LogP contribution in [0, 0.1) is 32.1 Å². The van der Waals surface area contributed by atoms with E-state index in [0.717, 1.165) is 22.6 Å². The van der Waals surface area contributed by atoms with Crippen molar-refractivity contribution in [2.24, 2.45) is 0 Å². The number of anilines is 1. The van der Waals surface area contributed by atoms with Gasteiger partial charge >= 0.3 is 0 Å². The van der Waals surface area contributed by atoms with E-state index in [2.05, 4.69) is 18.1 Å². The summed E-state index contributed by atoms with van der Waals surface area (Å²) in [5.41, 5.74) is 11.6. The van der Waals surface area contributed by atoms with E-state index in [-0.39, 0.29) is 0 Å². The molecule has 1 aromatic carbocycles. The Balaban J connectivity index is 2.55. The van der Waals surface area contributed by atoms with E-state index in [1.54, 1.807) is 0 Å². The highest BCUT2D eigenvalue weighted by molar-refractivity contribution is 5.54. The number of nitrogens with zero attached hydrogens (tertiary/aromatic N) is 3. The van der Waals surface area contributed by atoms with Crippen LogP contribution in [0.2, 0.25) is 0 Å². The second kappa shape index (κ2) is 4.53. The van der Waals surface area contributed by atoms with Crippen molar-refractivity contribution in [3.63, 3.8) is 0 Å². The second-order valence-corrected chi connectivity index (χ2v) is 4.43. The molecule has 18 heavy (non-hydrogen) atoms. The number of aromatic nitrogens is 2. The standard InChI is InChI=1S/C14H16N4/c1-9-10(2)17-18(11(9)3)13-4-5-14(16)12(8-13)6-7-15/h4-5,8H,6,16H2,1-3H3. The lowest BCUT2D eigenvalue weighted by atomic mass is 10.1. The summed E-state index contributed by atoms with van der Waals surface area (Å²) in [4.78, 5) is 0. The summed E-state index contributed by atoms with van der Waals surface area (Å²) in [7, 11) is 0. The number of hydrogen-bond donors (Lipinski definition) is 1. The van der Waals surface area contributed by atoms with Gasteiger partial charge in [0.2, 0.25) is 0 Å². The van der Waals surface area contributed by atoms with Gasteiger partial charge in [-0.2, -0.15) is 10.4 Å². The van der Waals surface area contributed by atoms with Crippen LogP contribution in [-0.4, -0.2) is 9.78 Å². The van der Waals surface area contributed by atoms with E-state index in [4.69, 9.17) is 11.0 Å². The molecular formula is C14H16N4. The average molecular weight is 240 g/mol. The normalized spacial score (nSPS) is 10.3. The summed E-state index contributed by atoms with van der Waals surface area (Å²) in [5.74, 6) is 0. The molecule has 2 aromatic rings. The van der Waals surface area contributed by atoms with Gasteiger partial charge in [0.05, 0.1) is 23.9 Å². The number of nitrogens with two attached hydrogens (primary N) is 1. The van der Waals surface area contributed by atoms with Crippen molar-refractivity contribution < 1.29 is 0 Å². The van der Waals surface area contributed by atoms with Crippen molar-refractivity contribution >= 4 is 5.69 Å². The highest BCUT2D eigenvalue weighted by Gasteiger charge is 2.10.